The Morgan fingerprint density at radius 2 is 2.20 bits per heavy atom. The monoisotopic (exact) mass is 313 g/mol. The number of rotatable bonds is 7. The number of thioether (sulfide) groups is 1. The van der Waals surface area contributed by atoms with Crippen LogP contribution in [0.3, 0.4) is 0 Å². The van der Waals surface area contributed by atoms with Gasteiger partial charge in [0, 0.05) is 35.5 Å². The molecule has 1 aliphatic heterocycles. The number of thiazole rings is 1. The van der Waals surface area contributed by atoms with Crippen LogP contribution in [-0.2, 0) is 13.0 Å². The van der Waals surface area contributed by atoms with Gasteiger partial charge in [-0.15, -0.1) is 11.3 Å². The zero-order valence-corrected chi connectivity index (χ0v) is 14.6. The molecule has 0 radical (unpaired) electrons. The third-order valence-electron chi connectivity index (χ3n) is 3.68. The lowest BCUT2D eigenvalue weighted by Crippen LogP contribution is -2.37. The first-order valence-corrected chi connectivity index (χ1v) is 9.70. The highest BCUT2D eigenvalue weighted by Crippen LogP contribution is 2.31. The molecule has 1 fully saturated rings. The molecule has 114 valence electrons. The van der Waals surface area contributed by atoms with Gasteiger partial charge in [-0.2, -0.15) is 11.8 Å². The summed E-state index contributed by atoms with van der Waals surface area (Å²) in [7, 11) is 0. The lowest BCUT2D eigenvalue weighted by molar-refractivity contribution is 0.676. The summed E-state index contributed by atoms with van der Waals surface area (Å²) < 4.78 is 0. The van der Waals surface area contributed by atoms with Crippen molar-refractivity contribution in [2.24, 2.45) is 0 Å². The van der Waals surface area contributed by atoms with E-state index in [0.717, 1.165) is 31.3 Å². The first-order chi connectivity index (χ1) is 9.78. The van der Waals surface area contributed by atoms with Crippen LogP contribution in [0.5, 0.6) is 0 Å². The maximum absolute atomic E-state index is 4.90. The minimum absolute atomic E-state index is 0.777. The Morgan fingerprint density at radius 3 is 2.90 bits per heavy atom. The average Bonchev–Trinajstić information content (AvgIpc) is 2.91. The molecule has 1 atom stereocenters. The van der Waals surface area contributed by atoms with Crippen molar-refractivity contribution in [1.29, 1.82) is 0 Å². The van der Waals surface area contributed by atoms with Gasteiger partial charge in [-0.25, -0.2) is 4.98 Å². The van der Waals surface area contributed by atoms with Gasteiger partial charge < -0.3 is 10.2 Å². The molecule has 20 heavy (non-hydrogen) atoms. The molecule has 2 rings (SSSR count). The van der Waals surface area contributed by atoms with Gasteiger partial charge in [-0.1, -0.05) is 20.8 Å². The van der Waals surface area contributed by atoms with Crippen molar-refractivity contribution < 1.29 is 0 Å². The number of nitrogens with one attached hydrogen (secondary N) is 1. The molecule has 0 bridgehead atoms. The van der Waals surface area contributed by atoms with E-state index in [9.17, 15) is 0 Å². The number of anilines is 1. The number of aryl methyl sites for hydroxylation is 1. The van der Waals surface area contributed by atoms with Crippen LogP contribution in [0.1, 0.15) is 44.2 Å². The van der Waals surface area contributed by atoms with Crippen LogP contribution in [0.15, 0.2) is 0 Å². The number of aromatic nitrogens is 1. The molecule has 0 aliphatic carbocycles. The molecule has 1 N–H and O–H groups in total. The van der Waals surface area contributed by atoms with Crippen LogP contribution in [0.2, 0.25) is 0 Å². The molecule has 1 aromatic heterocycles. The minimum atomic E-state index is 0.777. The maximum Gasteiger partial charge on any atom is 0.185 e. The van der Waals surface area contributed by atoms with Gasteiger partial charge in [0.05, 0.1) is 5.69 Å². The van der Waals surface area contributed by atoms with Gasteiger partial charge in [0.15, 0.2) is 5.13 Å². The molecule has 1 saturated heterocycles. The zero-order chi connectivity index (χ0) is 14.4. The van der Waals surface area contributed by atoms with E-state index >= 15 is 0 Å². The zero-order valence-electron chi connectivity index (χ0n) is 12.9. The highest BCUT2D eigenvalue weighted by atomic mass is 32.2. The van der Waals surface area contributed by atoms with E-state index in [1.807, 2.05) is 11.3 Å². The molecule has 2 heterocycles. The van der Waals surface area contributed by atoms with E-state index in [-0.39, 0.29) is 0 Å². The fourth-order valence-electron chi connectivity index (χ4n) is 2.44. The summed E-state index contributed by atoms with van der Waals surface area (Å²) in [6, 6.07) is 0. The van der Waals surface area contributed by atoms with Crippen molar-refractivity contribution in [2.45, 2.75) is 51.8 Å². The van der Waals surface area contributed by atoms with Gasteiger partial charge in [-0.3, -0.25) is 0 Å². The maximum atomic E-state index is 4.90. The van der Waals surface area contributed by atoms with Gasteiger partial charge in [0.2, 0.25) is 0 Å². The van der Waals surface area contributed by atoms with Crippen molar-refractivity contribution in [3.05, 3.63) is 10.6 Å². The molecule has 3 nitrogen and oxygen atoms in total. The molecule has 0 spiro atoms. The van der Waals surface area contributed by atoms with Gasteiger partial charge in [0.1, 0.15) is 0 Å². The molecule has 1 aromatic rings. The van der Waals surface area contributed by atoms with Crippen molar-refractivity contribution >= 4 is 28.2 Å². The smallest absolute Gasteiger partial charge is 0.185 e. The molecule has 1 aliphatic rings. The number of hydrogen-bond donors (Lipinski definition) is 1. The highest BCUT2D eigenvalue weighted by Gasteiger charge is 2.22. The van der Waals surface area contributed by atoms with Crippen LogP contribution in [-0.4, -0.2) is 35.6 Å². The summed E-state index contributed by atoms with van der Waals surface area (Å²) in [6.07, 6.45) is 3.49. The largest absolute Gasteiger partial charge is 0.346 e. The molecule has 0 saturated carbocycles. The molecular weight excluding hydrogens is 286 g/mol. The fourth-order valence-corrected chi connectivity index (χ4v) is 4.77. The Kier molecular flexibility index (Phi) is 6.65. The summed E-state index contributed by atoms with van der Waals surface area (Å²) in [5, 5.41) is 5.53. The predicted molar refractivity (Wildman–Crippen MR) is 92.2 cm³/mol. The van der Waals surface area contributed by atoms with Crippen LogP contribution in [0, 0.1) is 0 Å². The van der Waals surface area contributed by atoms with Gasteiger partial charge in [-0.05, 0) is 25.8 Å². The topological polar surface area (TPSA) is 28.2 Å². The molecule has 1 unspecified atom stereocenters. The van der Waals surface area contributed by atoms with E-state index in [1.54, 1.807) is 0 Å². The lowest BCUT2D eigenvalue weighted by Gasteiger charge is -2.31. The Labute approximate surface area is 131 Å². The van der Waals surface area contributed by atoms with E-state index in [0.29, 0.717) is 0 Å². The number of hydrogen-bond acceptors (Lipinski definition) is 5. The van der Waals surface area contributed by atoms with Crippen LogP contribution in [0.4, 0.5) is 5.13 Å². The first kappa shape index (κ1) is 16.1. The third-order valence-corrected chi connectivity index (χ3v) is 6.21. The molecular formula is C15H27N3S2. The standard InChI is InChI=1S/C15H27N3S2/c1-4-7-16-10-14-13(6-3)17-15(20-14)18-8-9-19-12(5-2)11-18/h12,16H,4-11H2,1-3H3. The van der Waals surface area contributed by atoms with Crippen LogP contribution in [0.25, 0.3) is 0 Å². The van der Waals surface area contributed by atoms with Gasteiger partial charge in [0.25, 0.3) is 0 Å². The first-order valence-electron chi connectivity index (χ1n) is 7.84. The normalized spacial score (nSPS) is 19.6. The van der Waals surface area contributed by atoms with Crippen LogP contribution < -0.4 is 10.2 Å². The van der Waals surface area contributed by atoms with Crippen molar-refractivity contribution in [3.8, 4) is 0 Å². The van der Waals surface area contributed by atoms with Crippen molar-refractivity contribution in [3.63, 3.8) is 0 Å². The molecule has 5 heteroatoms. The Bertz CT molecular complexity index is 406. The lowest BCUT2D eigenvalue weighted by atomic mass is 10.3. The Morgan fingerprint density at radius 1 is 1.35 bits per heavy atom. The summed E-state index contributed by atoms with van der Waals surface area (Å²) in [5.41, 5.74) is 1.29. The summed E-state index contributed by atoms with van der Waals surface area (Å²) >= 11 is 4.01. The highest BCUT2D eigenvalue weighted by molar-refractivity contribution is 8.00. The summed E-state index contributed by atoms with van der Waals surface area (Å²) in [5.74, 6) is 1.24. The van der Waals surface area contributed by atoms with Crippen LogP contribution >= 0.6 is 23.1 Å². The van der Waals surface area contributed by atoms with Crippen molar-refractivity contribution in [2.75, 3.05) is 30.3 Å². The predicted octanol–water partition coefficient (Wildman–Crippen LogP) is 3.54. The molecule has 0 aromatic carbocycles. The Hall–Kier alpha value is -0.260. The fraction of sp³-hybridized carbons (Fsp3) is 0.800. The van der Waals surface area contributed by atoms with Crippen molar-refractivity contribution in [1.82, 2.24) is 10.3 Å². The number of nitrogens with zero attached hydrogens (tertiary/aromatic N) is 2. The van der Waals surface area contributed by atoms with E-state index in [2.05, 4.69) is 42.7 Å². The van der Waals surface area contributed by atoms with E-state index < -0.39 is 0 Å². The van der Waals surface area contributed by atoms with E-state index in [1.165, 1.54) is 40.8 Å². The summed E-state index contributed by atoms with van der Waals surface area (Å²) in [6.45, 7) is 11.1. The second-order valence-electron chi connectivity index (χ2n) is 5.24. The second kappa shape index (κ2) is 8.25. The van der Waals surface area contributed by atoms with Gasteiger partial charge >= 0.3 is 0 Å². The van der Waals surface area contributed by atoms with E-state index in [4.69, 9.17) is 4.98 Å². The SMILES string of the molecule is CCCNCc1sc(N2CCSC(CC)C2)nc1CC. The summed E-state index contributed by atoms with van der Waals surface area (Å²) in [4.78, 5) is 8.83. The second-order valence-corrected chi connectivity index (χ2v) is 7.71. The third kappa shape index (κ3) is 4.12. The quantitative estimate of drug-likeness (QED) is 0.779. The average molecular weight is 314 g/mol. The minimum Gasteiger partial charge on any atom is -0.346 e. The Balaban J connectivity index is 2.04. The molecule has 0 amide bonds.